The van der Waals surface area contributed by atoms with Crippen LogP contribution in [-0.2, 0) is 23.1 Å². The molecule has 0 amide bonds. The van der Waals surface area contributed by atoms with Crippen molar-refractivity contribution in [2.75, 3.05) is 26.4 Å². The number of aliphatic hydroxyl groups is 1. The number of nitrogens with two attached hydrogens (primary N) is 1. The van der Waals surface area contributed by atoms with E-state index in [1.165, 1.54) is 0 Å². The van der Waals surface area contributed by atoms with E-state index in [4.69, 9.17) is 10.5 Å². The molecule has 32 heavy (non-hydrogen) atoms. The highest BCUT2D eigenvalue weighted by atomic mass is 31.2. The molecule has 0 saturated carbocycles. The van der Waals surface area contributed by atoms with Gasteiger partial charge in [0.05, 0.1) is 13.2 Å². The largest absolute Gasteiger partial charge is 0.472 e. The Labute approximate surface area is 192 Å². The van der Waals surface area contributed by atoms with Gasteiger partial charge in [-0.05, 0) is 44.9 Å². The van der Waals surface area contributed by atoms with E-state index < -0.39 is 26.5 Å². The highest BCUT2D eigenvalue weighted by Gasteiger charge is 2.22. The zero-order valence-electron chi connectivity index (χ0n) is 19.1. The maximum Gasteiger partial charge on any atom is 0.472 e. The summed E-state index contributed by atoms with van der Waals surface area (Å²) in [4.78, 5) is 21.0. The molecule has 0 aliphatic carbocycles. The number of carbonyl (C=O) groups excluding carboxylic acids is 1. The van der Waals surface area contributed by atoms with Crippen LogP contribution in [0, 0.1) is 0 Å². The molecule has 0 saturated heterocycles. The molecule has 0 aromatic heterocycles. The van der Waals surface area contributed by atoms with Gasteiger partial charge in [-0.1, -0.05) is 55.5 Å². The quantitative estimate of drug-likeness (QED) is 0.103. The fraction of sp³-hybridized carbons (Fsp3) is 0.609. The predicted octanol–water partition coefficient (Wildman–Crippen LogP) is 4.35. The smallest absolute Gasteiger partial charge is 0.463 e. The number of hydrogen-bond donors (Lipinski definition) is 3. The lowest BCUT2D eigenvalue weighted by atomic mass is 10.2. The van der Waals surface area contributed by atoms with Crippen molar-refractivity contribution in [2.45, 2.75) is 64.4 Å². The Morgan fingerprint density at radius 1 is 0.938 bits per heavy atom. The third-order valence-corrected chi connectivity index (χ3v) is 4.94. The van der Waals surface area contributed by atoms with E-state index in [1.807, 2.05) is 0 Å². The number of unbranched alkanes of at least 4 members (excludes halogenated alkanes) is 2. The number of phosphoric ester groups is 1. The maximum absolute atomic E-state index is 11.7. The molecule has 0 bridgehead atoms. The summed E-state index contributed by atoms with van der Waals surface area (Å²) in [5.41, 5.74) is 5.16. The Morgan fingerprint density at radius 2 is 1.53 bits per heavy atom. The van der Waals surface area contributed by atoms with E-state index in [0.717, 1.165) is 38.5 Å². The van der Waals surface area contributed by atoms with Crippen molar-refractivity contribution < 1.29 is 33.1 Å². The number of hydrogen-bond acceptors (Lipinski definition) is 7. The van der Waals surface area contributed by atoms with Gasteiger partial charge in [0.15, 0.2) is 0 Å². The predicted molar refractivity (Wildman–Crippen MR) is 127 cm³/mol. The van der Waals surface area contributed by atoms with E-state index in [-0.39, 0.29) is 26.2 Å². The second-order valence-corrected chi connectivity index (χ2v) is 8.42. The molecule has 8 nitrogen and oxygen atoms in total. The number of allylic oxidation sites excluding steroid dienone is 8. The monoisotopic (exact) mass is 473 g/mol. The number of phosphoric acid groups is 1. The lowest BCUT2D eigenvalue weighted by molar-refractivity contribution is -0.147. The molecule has 0 fully saturated rings. The van der Waals surface area contributed by atoms with Crippen LogP contribution in [0.25, 0.3) is 0 Å². The van der Waals surface area contributed by atoms with Crippen molar-refractivity contribution in [2.24, 2.45) is 5.73 Å². The number of ether oxygens (including phenoxy) is 1. The van der Waals surface area contributed by atoms with Crippen molar-refractivity contribution >= 4 is 13.8 Å². The third kappa shape index (κ3) is 21.7. The summed E-state index contributed by atoms with van der Waals surface area (Å²) in [5, 5.41) is 9.66. The molecule has 0 aliphatic rings. The minimum absolute atomic E-state index is 0.0658. The molecule has 184 valence electrons. The van der Waals surface area contributed by atoms with Gasteiger partial charge in [0.2, 0.25) is 0 Å². The van der Waals surface area contributed by atoms with Crippen LogP contribution < -0.4 is 5.73 Å². The summed E-state index contributed by atoms with van der Waals surface area (Å²) in [6.45, 7) is 1.25. The highest BCUT2D eigenvalue weighted by molar-refractivity contribution is 7.47. The summed E-state index contributed by atoms with van der Waals surface area (Å²) in [7, 11) is -4.25. The number of rotatable bonds is 20. The molecular weight excluding hydrogens is 433 g/mol. The molecular formula is C23H40NO7P. The Balaban J connectivity index is 3.67. The normalized spacial score (nSPS) is 15.2. The van der Waals surface area contributed by atoms with Gasteiger partial charge >= 0.3 is 13.8 Å². The molecule has 0 aromatic carbocycles. The maximum atomic E-state index is 11.7. The van der Waals surface area contributed by atoms with Gasteiger partial charge < -0.3 is 20.5 Å². The van der Waals surface area contributed by atoms with Crippen molar-refractivity contribution in [3.8, 4) is 0 Å². The van der Waals surface area contributed by atoms with Crippen molar-refractivity contribution in [1.82, 2.24) is 0 Å². The van der Waals surface area contributed by atoms with Gasteiger partial charge in [0.25, 0.3) is 0 Å². The fourth-order valence-corrected chi connectivity index (χ4v) is 3.10. The number of esters is 1. The van der Waals surface area contributed by atoms with Gasteiger partial charge in [-0.25, -0.2) is 4.57 Å². The molecule has 1 unspecified atom stereocenters. The zero-order valence-corrected chi connectivity index (χ0v) is 20.0. The Bertz CT molecular complexity index is 632. The van der Waals surface area contributed by atoms with E-state index in [9.17, 15) is 19.4 Å². The van der Waals surface area contributed by atoms with E-state index in [0.29, 0.717) is 6.42 Å². The van der Waals surface area contributed by atoms with E-state index in [2.05, 4.69) is 64.6 Å². The summed E-state index contributed by atoms with van der Waals surface area (Å²) in [6.07, 6.45) is 22.5. The first-order valence-corrected chi connectivity index (χ1v) is 12.7. The minimum atomic E-state index is -4.25. The minimum Gasteiger partial charge on any atom is -0.463 e. The van der Waals surface area contributed by atoms with Crippen LogP contribution >= 0.6 is 7.82 Å². The van der Waals surface area contributed by atoms with Gasteiger partial charge in [-0.2, -0.15) is 0 Å². The van der Waals surface area contributed by atoms with Crippen molar-refractivity contribution in [3.05, 3.63) is 48.6 Å². The first-order valence-electron chi connectivity index (χ1n) is 11.2. The second kappa shape index (κ2) is 21.3. The molecule has 9 heteroatoms. The topological polar surface area (TPSA) is 128 Å². The summed E-state index contributed by atoms with van der Waals surface area (Å²) in [6, 6.07) is 0. The summed E-state index contributed by atoms with van der Waals surface area (Å²) >= 11 is 0. The van der Waals surface area contributed by atoms with Crippen LogP contribution in [-0.4, -0.2) is 48.4 Å². The van der Waals surface area contributed by atoms with Crippen LogP contribution in [0.3, 0.4) is 0 Å². The molecule has 0 heterocycles. The molecule has 4 N–H and O–H groups in total. The second-order valence-electron chi connectivity index (χ2n) is 6.97. The van der Waals surface area contributed by atoms with E-state index in [1.54, 1.807) is 0 Å². The fourth-order valence-electron chi connectivity index (χ4n) is 2.32. The lowest BCUT2D eigenvalue weighted by Gasteiger charge is -2.15. The molecule has 2 atom stereocenters. The Hall–Kier alpha value is -1.54. The molecule has 0 aliphatic heterocycles. The third-order valence-electron chi connectivity index (χ3n) is 3.96. The van der Waals surface area contributed by atoms with Crippen LogP contribution in [0.1, 0.15) is 58.3 Å². The first-order chi connectivity index (χ1) is 15.4. The summed E-state index contributed by atoms with van der Waals surface area (Å²) in [5.74, 6) is -0.430. The number of carbonyl (C=O) groups is 1. The molecule has 0 aromatic rings. The van der Waals surface area contributed by atoms with Crippen molar-refractivity contribution in [1.29, 1.82) is 0 Å². The molecule has 0 rings (SSSR count). The Kier molecular flexibility index (Phi) is 20.3. The summed E-state index contributed by atoms with van der Waals surface area (Å²) < 4.78 is 25.5. The van der Waals surface area contributed by atoms with Gasteiger partial charge in [0.1, 0.15) is 12.7 Å². The zero-order chi connectivity index (χ0) is 23.9. The van der Waals surface area contributed by atoms with Gasteiger partial charge in [0, 0.05) is 13.0 Å². The van der Waals surface area contributed by atoms with Crippen LogP contribution in [0.15, 0.2) is 48.6 Å². The van der Waals surface area contributed by atoms with Crippen LogP contribution in [0.4, 0.5) is 0 Å². The Morgan fingerprint density at radius 3 is 2.12 bits per heavy atom. The van der Waals surface area contributed by atoms with Crippen LogP contribution in [0.5, 0.6) is 0 Å². The van der Waals surface area contributed by atoms with Gasteiger partial charge in [-0.3, -0.25) is 13.8 Å². The lowest BCUT2D eigenvalue weighted by Crippen LogP contribution is -2.23. The standard InChI is InChI=1S/C23H40NO7P/c1-2-3-4-5-6-7-8-9-10-11-12-13-14-15-16-17-23(26)29-20-22(25)21-31-32(27,28)30-19-18-24/h3-4,6-7,9-10,12-13,22,25H,2,5,8,11,14-21,24H2,1H3,(H,27,28)/t22-/m1/s1. The molecule has 0 spiro atoms. The number of aliphatic hydroxyl groups excluding tert-OH is 1. The van der Waals surface area contributed by atoms with Gasteiger partial charge in [-0.15, -0.1) is 0 Å². The average Bonchev–Trinajstić information content (AvgIpc) is 2.77. The van der Waals surface area contributed by atoms with E-state index >= 15 is 0 Å². The molecule has 0 radical (unpaired) electrons. The first kappa shape index (κ1) is 30.5. The average molecular weight is 474 g/mol. The SMILES string of the molecule is CCC=CCC=CCC=CCC=CCCCCC(=O)OC[C@@H](O)COP(=O)(O)OCCN. The van der Waals surface area contributed by atoms with Crippen LogP contribution in [0.2, 0.25) is 0 Å². The highest BCUT2D eigenvalue weighted by Crippen LogP contribution is 2.42. The van der Waals surface area contributed by atoms with Crippen molar-refractivity contribution in [3.63, 3.8) is 0 Å².